The van der Waals surface area contributed by atoms with Gasteiger partial charge in [0, 0.05) is 16.9 Å². The van der Waals surface area contributed by atoms with Crippen molar-refractivity contribution in [1.82, 2.24) is 5.32 Å². The molecule has 2 atom stereocenters. The van der Waals surface area contributed by atoms with Crippen LogP contribution in [0.25, 0.3) is 0 Å². The van der Waals surface area contributed by atoms with Crippen LogP contribution in [0.2, 0.25) is 0 Å². The number of amides is 3. The number of aliphatic hydroxyl groups is 1. The first-order valence-electron chi connectivity index (χ1n) is 19.1. The molecule has 2 aromatic rings. The lowest BCUT2D eigenvalue weighted by Gasteiger charge is -2.22. The molecule has 53 heavy (non-hydrogen) atoms. The summed E-state index contributed by atoms with van der Waals surface area (Å²) in [6.45, 7) is 21.8. The topological polar surface area (TPSA) is 204 Å². The zero-order valence-electron chi connectivity index (χ0n) is 33.7. The maximum absolute atomic E-state index is 13.7. The Morgan fingerprint density at radius 1 is 0.774 bits per heavy atom. The van der Waals surface area contributed by atoms with E-state index in [9.17, 15) is 19.5 Å². The zero-order valence-corrected chi connectivity index (χ0v) is 33.7. The van der Waals surface area contributed by atoms with Crippen molar-refractivity contribution < 1.29 is 29.0 Å². The highest BCUT2D eigenvalue weighted by Crippen LogP contribution is 2.32. The molecule has 12 nitrogen and oxygen atoms in total. The summed E-state index contributed by atoms with van der Waals surface area (Å²) in [5.41, 5.74) is 18.6. The molecule has 0 bridgehead atoms. The van der Waals surface area contributed by atoms with E-state index in [-0.39, 0.29) is 18.0 Å². The van der Waals surface area contributed by atoms with Gasteiger partial charge in [0.25, 0.3) is 5.91 Å². The van der Waals surface area contributed by atoms with Gasteiger partial charge in [-0.15, -0.1) is 0 Å². The molecular formula is C41H70N6O6. The van der Waals surface area contributed by atoms with Crippen molar-refractivity contribution >= 4 is 29.1 Å². The molecule has 0 aromatic heterocycles. The molecule has 12 heteroatoms. The van der Waals surface area contributed by atoms with Crippen molar-refractivity contribution in [2.24, 2.45) is 29.0 Å². The van der Waals surface area contributed by atoms with E-state index in [1.54, 1.807) is 37.3 Å². The lowest BCUT2D eigenvalue weighted by atomic mass is 10.0. The number of hydrogen-bond donors (Lipinski definition) is 7. The van der Waals surface area contributed by atoms with Gasteiger partial charge in [0.1, 0.15) is 23.6 Å². The van der Waals surface area contributed by atoms with Crippen molar-refractivity contribution in [1.29, 1.82) is 0 Å². The normalized spacial score (nSPS) is 11.7. The number of rotatable bonds is 22. The van der Waals surface area contributed by atoms with Gasteiger partial charge >= 0.3 is 0 Å². The van der Waals surface area contributed by atoms with Crippen molar-refractivity contribution in [2.75, 3.05) is 43.5 Å². The summed E-state index contributed by atoms with van der Waals surface area (Å²) in [5, 5.41) is 19.3. The van der Waals surface area contributed by atoms with Gasteiger partial charge in [0.15, 0.2) is 0 Å². The number of hydrogen-bond acceptors (Lipinski definition) is 9. The van der Waals surface area contributed by atoms with Gasteiger partial charge in [-0.1, -0.05) is 55.0 Å². The number of nitrogens with one attached hydrogen (secondary N) is 3. The van der Waals surface area contributed by atoms with Gasteiger partial charge < -0.3 is 47.7 Å². The molecule has 2 rings (SSSR count). The minimum atomic E-state index is -1.00. The van der Waals surface area contributed by atoms with Crippen molar-refractivity contribution in [3.63, 3.8) is 0 Å². The number of unbranched alkanes of at least 4 members (excludes halogenated alkanes) is 4. The molecule has 0 saturated heterocycles. The van der Waals surface area contributed by atoms with Crippen LogP contribution in [-0.4, -0.2) is 61.7 Å². The molecule has 10 N–H and O–H groups in total. The molecule has 0 saturated carbocycles. The van der Waals surface area contributed by atoms with E-state index in [0.29, 0.717) is 66.7 Å². The second-order valence-corrected chi connectivity index (χ2v) is 13.7. The molecule has 0 aliphatic heterocycles. The Labute approximate surface area is 319 Å². The molecule has 3 amide bonds. The van der Waals surface area contributed by atoms with E-state index >= 15 is 0 Å². The van der Waals surface area contributed by atoms with Crippen LogP contribution in [0.15, 0.2) is 48.6 Å². The van der Waals surface area contributed by atoms with E-state index in [4.69, 9.17) is 26.7 Å². The Bertz CT molecular complexity index is 1360. The Kier molecular flexibility index (Phi) is 26.4. The number of aliphatic hydroxyl groups excluding tert-OH is 1. The smallest absolute Gasteiger partial charge is 0.255 e. The van der Waals surface area contributed by atoms with E-state index in [2.05, 4.69) is 43.3 Å². The van der Waals surface area contributed by atoms with Gasteiger partial charge in [-0.05, 0) is 119 Å². The van der Waals surface area contributed by atoms with E-state index in [1.807, 2.05) is 27.7 Å². The number of carbonyl (C=O) groups excluding carboxylic acids is 3. The average molecular weight is 743 g/mol. The standard InChI is InChI=1S/C35H54N6O6.C4H10.C2H6/c1-23(2)19-29(35(45)40-26-12-13-30(46-17-9-5-7-15-36)27(20-26)33(43)24(3)4)41-34(44)28-21-25(39-32(42)22-38)11-14-31(28)47-18-10-6-8-16-37;1-4(2)3;1-2/h11-14,20-21,23,29,33,43H,3,5-10,15-19,22,36-38H2,1-2,4H3,(H,39,42)(H,40,45)(H,41,44);4H,1-3H3;1-2H3/t29-,33?;;/m0../s1. The fraction of sp³-hybridized carbons (Fsp3) is 0.585. The molecule has 2 aromatic carbocycles. The third-order valence-electron chi connectivity index (χ3n) is 7.27. The van der Waals surface area contributed by atoms with Gasteiger partial charge in [-0.3, -0.25) is 14.4 Å². The van der Waals surface area contributed by atoms with Crippen LogP contribution < -0.4 is 42.6 Å². The molecule has 0 fully saturated rings. The van der Waals surface area contributed by atoms with Crippen LogP contribution >= 0.6 is 0 Å². The van der Waals surface area contributed by atoms with Crippen molar-refractivity contribution in [3.8, 4) is 11.5 Å². The Morgan fingerprint density at radius 2 is 1.28 bits per heavy atom. The number of benzene rings is 2. The number of nitrogens with two attached hydrogens (primary N) is 3. The molecule has 0 spiro atoms. The third-order valence-corrected chi connectivity index (χ3v) is 7.27. The van der Waals surface area contributed by atoms with Crippen molar-refractivity contribution in [2.45, 2.75) is 112 Å². The largest absolute Gasteiger partial charge is 0.493 e. The molecule has 0 aliphatic carbocycles. The molecule has 0 heterocycles. The summed E-state index contributed by atoms with van der Waals surface area (Å²) in [4.78, 5) is 39.3. The van der Waals surface area contributed by atoms with E-state index in [0.717, 1.165) is 44.4 Å². The van der Waals surface area contributed by atoms with Gasteiger partial charge in [-0.2, -0.15) is 0 Å². The van der Waals surface area contributed by atoms with Crippen LogP contribution in [0.5, 0.6) is 11.5 Å². The van der Waals surface area contributed by atoms with Crippen LogP contribution in [-0.2, 0) is 9.59 Å². The molecule has 0 radical (unpaired) electrons. The summed E-state index contributed by atoms with van der Waals surface area (Å²) < 4.78 is 11.9. The lowest BCUT2D eigenvalue weighted by Crippen LogP contribution is -2.44. The van der Waals surface area contributed by atoms with Crippen molar-refractivity contribution in [3.05, 3.63) is 59.7 Å². The van der Waals surface area contributed by atoms with Crippen LogP contribution in [0, 0.1) is 11.8 Å². The summed E-state index contributed by atoms with van der Waals surface area (Å²) in [7, 11) is 0. The Balaban J connectivity index is 0.00000420. The fourth-order valence-corrected chi connectivity index (χ4v) is 4.74. The highest BCUT2D eigenvalue weighted by Gasteiger charge is 2.26. The quantitative estimate of drug-likeness (QED) is 0.0507. The predicted octanol–water partition coefficient (Wildman–Crippen LogP) is 6.68. The van der Waals surface area contributed by atoms with E-state index in [1.165, 1.54) is 6.07 Å². The first-order valence-corrected chi connectivity index (χ1v) is 19.1. The second-order valence-electron chi connectivity index (χ2n) is 13.7. The monoisotopic (exact) mass is 743 g/mol. The minimum absolute atomic E-state index is 0.0651. The highest BCUT2D eigenvalue weighted by atomic mass is 16.5. The first kappa shape index (κ1) is 49.0. The number of anilines is 2. The van der Waals surface area contributed by atoms with Gasteiger partial charge in [0.2, 0.25) is 11.8 Å². The minimum Gasteiger partial charge on any atom is -0.493 e. The fourth-order valence-electron chi connectivity index (χ4n) is 4.74. The number of carbonyl (C=O) groups is 3. The second kappa shape index (κ2) is 28.5. The number of ether oxygens (including phenoxy) is 2. The van der Waals surface area contributed by atoms with Gasteiger partial charge in [0.05, 0.1) is 25.3 Å². The molecule has 300 valence electrons. The SMILES string of the molecule is C=C(C)C(O)c1cc(NC(=O)[C@H](CC(C)C)NC(=O)c2cc(NC(=O)CN)ccc2OCCCCCN)ccc1OCCCCCN.CC.CC(C)C. The third kappa shape index (κ3) is 20.8. The van der Waals surface area contributed by atoms with E-state index < -0.39 is 29.9 Å². The Morgan fingerprint density at radius 3 is 1.77 bits per heavy atom. The van der Waals surface area contributed by atoms with Crippen LogP contribution in [0.4, 0.5) is 11.4 Å². The summed E-state index contributed by atoms with van der Waals surface area (Å²) >= 11 is 0. The maximum Gasteiger partial charge on any atom is 0.255 e. The predicted molar refractivity (Wildman–Crippen MR) is 218 cm³/mol. The summed E-state index contributed by atoms with van der Waals surface area (Å²) in [6.07, 6.45) is 4.50. The molecule has 1 unspecified atom stereocenters. The molecular weight excluding hydrogens is 672 g/mol. The zero-order chi connectivity index (χ0) is 40.3. The first-order chi connectivity index (χ1) is 25.2. The average Bonchev–Trinajstić information content (AvgIpc) is 3.11. The lowest BCUT2D eigenvalue weighted by molar-refractivity contribution is -0.118. The maximum atomic E-state index is 13.7. The van der Waals surface area contributed by atoms with Gasteiger partial charge in [-0.25, -0.2) is 0 Å². The molecule has 0 aliphatic rings. The van der Waals surface area contributed by atoms with Crippen LogP contribution in [0.1, 0.15) is 122 Å². The summed E-state index contributed by atoms with van der Waals surface area (Å²) in [6, 6.07) is 8.88. The Hall–Kier alpha value is -3.97. The van der Waals surface area contributed by atoms with Crippen LogP contribution in [0.3, 0.4) is 0 Å². The summed E-state index contributed by atoms with van der Waals surface area (Å²) in [5.74, 6) is 0.328. The highest BCUT2D eigenvalue weighted by molar-refractivity contribution is 6.03.